The Labute approximate surface area is 123 Å². The molecule has 3 nitrogen and oxygen atoms in total. The first-order valence-corrected chi connectivity index (χ1v) is 6.72. The molecule has 0 saturated carbocycles. The van der Waals surface area contributed by atoms with Crippen LogP contribution in [0, 0.1) is 6.92 Å². The molecule has 0 spiro atoms. The van der Waals surface area contributed by atoms with Crippen LogP contribution in [-0.2, 0) is 4.79 Å². The highest BCUT2D eigenvalue weighted by atomic mass is 35.5. The number of hydrogen-bond donors (Lipinski definition) is 1. The van der Waals surface area contributed by atoms with Gasteiger partial charge in [-0.3, -0.25) is 4.79 Å². The Kier molecular flexibility index (Phi) is 4.64. The number of nitrogens with one attached hydrogen (secondary N) is 1. The van der Waals surface area contributed by atoms with E-state index in [1.54, 1.807) is 31.2 Å². The number of carbonyl (C=O) groups excluding carboxylic acids is 1. The molecule has 1 N–H and O–H groups in total. The van der Waals surface area contributed by atoms with Gasteiger partial charge in [0.1, 0.15) is 5.75 Å². The molecule has 2 rings (SSSR count). The maximum absolute atomic E-state index is 12.0. The van der Waals surface area contributed by atoms with Crippen LogP contribution in [0.5, 0.6) is 5.75 Å². The molecule has 0 radical (unpaired) electrons. The molecule has 0 aliphatic rings. The van der Waals surface area contributed by atoms with Crippen LogP contribution in [0.3, 0.4) is 0 Å². The predicted octanol–water partition coefficient (Wildman–Crippen LogP) is 4.05. The Hall–Kier alpha value is -2.00. The molecule has 0 aromatic heterocycles. The zero-order valence-electron chi connectivity index (χ0n) is 11.4. The SMILES string of the molecule is Cc1cccc(O[C@@H](C)C(=O)Nc2cccc(Cl)c2)c1. The second-order valence-corrected chi connectivity index (χ2v) is 5.01. The van der Waals surface area contributed by atoms with Crippen molar-refractivity contribution in [1.82, 2.24) is 0 Å². The minimum Gasteiger partial charge on any atom is -0.481 e. The summed E-state index contributed by atoms with van der Waals surface area (Å²) in [5.74, 6) is 0.465. The van der Waals surface area contributed by atoms with Crippen molar-refractivity contribution in [2.24, 2.45) is 0 Å². The molecule has 4 heteroatoms. The van der Waals surface area contributed by atoms with E-state index in [1.165, 1.54) is 0 Å². The van der Waals surface area contributed by atoms with Crippen LogP contribution in [-0.4, -0.2) is 12.0 Å². The fourth-order valence-corrected chi connectivity index (χ4v) is 1.95. The predicted molar refractivity (Wildman–Crippen MR) is 81.4 cm³/mol. The summed E-state index contributed by atoms with van der Waals surface area (Å²) in [7, 11) is 0. The molecule has 0 aliphatic carbocycles. The number of halogens is 1. The number of aryl methyl sites for hydroxylation is 1. The number of anilines is 1. The molecule has 2 aromatic carbocycles. The minimum absolute atomic E-state index is 0.214. The fourth-order valence-electron chi connectivity index (χ4n) is 1.76. The maximum Gasteiger partial charge on any atom is 0.265 e. The molecule has 0 unspecified atom stereocenters. The van der Waals surface area contributed by atoms with Gasteiger partial charge in [0.05, 0.1) is 0 Å². The van der Waals surface area contributed by atoms with Crippen LogP contribution >= 0.6 is 11.6 Å². The monoisotopic (exact) mass is 289 g/mol. The van der Waals surface area contributed by atoms with Crippen molar-refractivity contribution < 1.29 is 9.53 Å². The summed E-state index contributed by atoms with van der Waals surface area (Å²) in [6, 6.07) is 14.6. The molecule has 20 heavy (non-hydrogen) atoms. The summed E-state index contributed by atoms with van der Waals surface area (Å²) in [6.07, 6.45) is -0.587. The maximum atomic E-state index is 12.0. The Morgan fingerprint density at radius 2 is 1.95 bits per heavy atom. The van der Waals surface area contributed by atoms with Crippen molar-refractivity contribution in [2.45, 2.75) is 20.0 Å². The average molecular weight is 290 g/mol. The first-order chi connectivity index (χ1) is 9.54. The van der Waals surface area contributed by atoms with Gasteiger partial charge < -0.3 is 10.1 Å². The van der Waals surface area contributed by atoms with Gasteiger partial charge in [0.15, 0.2) is 6.10 Å². The fraction of sp³-hybridized carbons (Fsp3) is 0.188. The molecule has 2 aromatic rings. The number of ether oxygens (including phenoxy) is 1. The van der Waals surface area contributed by atoms with E-state index >= 15 is 0 Å². The highest BCUT2D eigenvalue weighted by molar-refractivity contribution is 6.30. The van der Waals surface area contributed by atoms with Crippen LogP contribution in [0.15, 0.2) is 48.5 Å². The Bertz CT molecular complexity index is 613. The largest absolute Gasteiger partial charge is 0.481 e. The smallest absolute Gasteiger partial charge is 0.265 e. The third-order valence-corrected chi connectivity index (χ3v) is 3.00. The normalized spacial score (nSPS) is 11.8. The standard InChI is InChI=1S/C16H16ClNO2/c1-11-5-3-8-15(9-11)20-12(2)16(19)18-14-7-4-6-13(17)10-14/h3-10,12H,1-2H3,(H,18,19)/t12-/m0/s1. The molecule has 0 aliphatic heterocycles. The van der Waals surface area contributed by atoms with E-state index < -0.39 is 6.10 Å². The molecule has 104 valence electrons. The summed E-state index contributed by atoms with van der Waals surface area (Å²) in [5, 5.41) is 3.35. The zero-order valence-corrected chi connectivity index (χ0v) is 12.1. The summed E-state index contributed by atoms with van der Waals surface area (Å²) < 4.78 is 5.61. The molecule has 0 bridgehead atoms. The summed E-state index contributed by atoms with van der Waals surface area (Å²) in [5.41, 5.74) is 1.74. The second kappa shape index (κ2) is 6.44. The van der Waals surface area contributed by atoms with Crippen LogP contribution in [0.25, 0.3) is 0 Å². The number of amides is 1. The molecule has 0 saturated heterocycles. The van der Waals surface area contributed by atoms with E-state index in [0.717, 1.165) is 5.56 Å². The molecule has 0 heterocycles. The number of carbonyl (C=O) groups is 1. The summed E-state index contributed by atoms with van der Waals surface area (Å²) in [6.45, 7) is 3.69. The van der Waals surface area contributed by atoms with Crippen molar-refractivity contribution in [2.75, 3.05) is 5.32 Å². The lowest BCUT2D eigenvalue weighted by Crippen LogP contribution is -2.30. The Balaban J connectivity index is 1.98. The third-order valence-electron chi connectivity index (χ3n) is 2.76. The van der Waals surface area contributed by atoms with Crippen LogP contribution < -0.4 is 10.1 Å². The van der Waals surface area contributed by atoms with Gasteiger partial charge in [0.2, 0.25) is 0 Å². The molecule has 1 atom stereocenters. The lowest BCUT2D eigenvalue weighted by Gasteiger charge is -2.15. The highest BCUT2D eigenvalue weighted by Crippen LogP contribution is 2.17. The lowest BCUT2D eigenvalue weighted by molar-refractivity contribution is -0.122. The van der Waals surface area contributed by atoms with Crippen molar-refractivity contribution >= 4 is 23.2 Å². The van der Waals surface area contributed by atoms with Crippen molar-refractivity contribution in [3.05, 3.63) is 59.1 Å². The van der Waals surface area contributed by atoms with Gasteiger partial charge in [-0.25, -0.2) is 0 Å². The van der Waals surface area contributed by atoms with Gasteiger partial charge in [-0.15, -0.1) is 0 Å². The van der Waals surface area contributed by atoms with Gasteiger partial charge in [-0.1, -0.05) is 29.8 Å². The molecule has 1 amide bonds. The summed E-state index contributed by atoms with van der Waals surface area (Å²) >= 11 is 5.87. The quantitative estimate of drug-likeness (QED) is 0.922. The van der Waals surface area contributed by atoms with Gasteiger partial charge >= 0.3 is 0 Å². The number of rotatable bonds is 4. The molecular formula is C16H16ClNO2. The van der Waals surface area contributed by atoms with E-state index in [1.807, 2.05) is 31.2 Å². The third kappa shape index (κ3) is 4.00. The van der Waals surface area contributed by atoms with Crippen molar-refractivity contribution in [1.29, 1.82) is 0 Å². The van der Waals surface area contributed by atoms with Crippen LogP contribution in [0.4, 0.5) is 5.69 Å². The number of benzene rings is 2. The molecular weight excluding hydrogens is 274 g/mol. The van der Waals surface area contributed by atoms with E-state index in [2.05, 4.69) is 5.32 Å². The second-order valence-electron chi connectivity index (χ2n) is 4.58. The van der Waals surface area contributed by atoms with Crippen LogP contribution in [0.2, 0.25) is 5.02 Å². The van der Waals surface area contributed by atoms with Gasteiger partial charge in [0, 0.05) is 10.7 Å². The summed E-state index contributed by atoms with van der Waals surface area (Å²) in [4.78, 5) is 12.0. The first-order valence-electron chi connectivity index (χ1n) is 6.34. The Morgan fingerprint density at radius 1 is 1.20 bits per heavy atom. The topological polar surface area (TPSA) is 38.3 Å². The van der Waals surface area contributed by atoms with Gasteiger partial charge in [-0.05, 0) is 49.7 Å². The highest BCUT2D eigenvalue weighted by Gasteiger charge is 2.14. The van der Waals surface area contributed by atoms with Crippen molar-refractivity contribution in [3.8, 4) is 5.75 Å². The average Bonchev–Trinajstić information content (AvgIpc) is 2.38. The van der Waals surface area contributed by atoms with Crippen LogP contribution in [0.1, 0.15) is 12.5 Å². The Morgan fingerprint density at radius 3 is 2.65 bits per heavy atom. The van der Waals surface area contributed by atoms with Gasteiger partial charge in [-0.2, -0.15) is 0 Å². The van der Waals surface area contributed by atoms with E-state index in [9.17, 15) is 4.79 Å². The zero-order chi connectivity index (χ0) is 14.5. The van der Waals surface area contributed by atoms with Gasteiger partial charge in [0.25, 0.3) is 5.91 Å². The van der Waals surface area contributed by atoms with E-state index in [4.69, 9.17) is 16.3 Å². The van der Waals surface area contributed by atoms with E-state index in [-0.39, 0.29) is 5.91 Å². The number of hydrogen-bond acceptors (Lipinski definition) is 2. The molecule has 0 fully saturated rings. The first kappa shape index (κ1) is 14.4. The van der Waals surface area contributed by atoms with Crippen molar-refractivity contribution in [3.63, 3.8) is 0 Å². The lowest BCUT2D eigenvalue weighted by atomic mass is 10.2. The minimum atomic E-state index is -0.587. The van der Waals surface area contributed by atoms with E-state index in [0.29, 0.717) is 16.5 Å².